The first-order chi connectivity index (χ1) is 9.04. The average molecular weight is 347 g/mol. The van der Waals surface area contributed by atoms with Crippen LogP contribution in [-0.2, 0) is 4.74 Å². The van der Waals surface area contributed by atoms with E-state index < -0.39 is 0 Å². The standard InChI is InChI=1S/C13H16BrFN2OS/c1-2-8-7-17(5-6-18-8)10-4-3-9(13(16)19)11(14)12(10)15/h3-4,8H,2,5-7H2,1H3,(H2,16,19). The van der Waals surface area contributed by atoms with Crippen LogP contribution >= 0.6 is 28.1 Å². The minimum Gasteiger partial charge on any atom is -0.389 e. The summed E-state index contributed by atoms with van der Waals surface area (Å²) in [5.74, 6) is -0.318. The number of benzene rings is 1. The molecular weight excluding hydrogens is 331 g/mol. The quantitative estimate of drug-likeness (QED) is 0.854. The largest absolute Gasteiger partial charge is 0.389 e. The fourth-order valence-corrected chi connectivity index (χ4v) is 3.01. The highest BCUT2D eigenvalue weighted by atomic mass is 79.9. The number of ether oxygens (including phenoxy) is 1. The SMILES string of the molecule is CCC1CN(c2ccc(C(N)=S)c(Br)c2F)CCO1. The van der Waals surface area contributed by atoms with E-state index in [-0.39, 0.29) is 16.9 Å². The summed E-state index contributed by atoms with van der Waals surface area (Å²) in [5.41, 5.74) is 6.64. The number of rotatable bonds is 3. The molecule has 0 aliphatic carbocycles. The molecule has 6 heteroatoms. The fourth-order valence-electron chi connectivity index (χ4n) is 2.16. The summed E-state index contributed by atoms with van der Waals surface area (Å²) in [4.78, 5) is 2.19. The van der Waals surface area contributed by atoms with Gasteiger partial charge < -0.3 is 15.4 Å². The average Bonchev–Trinajstić information content (AvgIpc) is 2.41. The Hall–Kier alpha value is -0.720. The highest BCUT2D eigenvalue weighted by Gasteiger charge is 2.23. The molecule has 1 fully saturated rings. The number of nitrogens with two attached hydrogens (primary N) is 1. The van der Waals surface area contributed by atoms with Crippen molar-refractivity contribution in [3.8, 4) is 0 Å². The first kappa shape index (κ1) is 14.7. The second kappa shape index (κ2) is 6.15. The molecule has 0 spiro atoms. The summed E-state index contributed by atoms with van der Waals surface area (Å²) >= 11 is 8.12. The van der Waals surface area contributed by atoms with E-state index in [1.165, 1.54) is 0 Å². The topological polar surface area (TPSA) is 38.5 Å². The molecule has 0 radical (unpaired) electrons. The van der Waals surface area contributed by atoms with Crippen LogP contribution in [0.2, 0.25) is 0 Å². The van der Waals surface area contributed by atoms with Crippen LogP contribution in [0.3, 0.4) is 0 Å². The molecule has 2 rings (SSSR count). The van der Waals surface area contributed by atoms with Crippen LogP contribution in [0.25, 0.3) is 0 Å². The van der Waals surface area contributed by atoms with E-state index in [1.54, 1.807) is 12.1 Å². The van der Waals surface area contributed by atoms with Gasteiger partial charge in [-0.05, 0) is 34.5 Å². The minimum absolute atomic E-state index is 0.155. The molecule has 1 aliphatic heterocycles. The number of nitrogens with zero attached hydrogens (tertiary/aromatic N) is 1. The Kier molecular flexibility index (Phi) is 4.76. The van der Waals surface area contributed by atoms with E-state index in [2.05, 4.69) is 22.9 Å². The Morgan fingerprint density at radius 1 is 1.63 bits per heavy atom. The van der Waals surface area contributed by atoms with Gasteiger partial charge in [-0.25, -0.2) is 4.39 Å². The predicted octanol–water partition coefficient (Wildman–Crippen LogP) is 2.84. The number of thiocarbonyl (C=S) groups is 1. The van der Waals surface area contributed by atoms with E-state index in [4.69, 9.17) is 22.7 Å². The third kappa shape index (κ3) is 3.07. The maximum Gasteiger partial charge on any atom is 0.161 e. The third-order valence-corrected chi connectivity index (χ3v) is 4.26. The van der Waals surface area contributed by atoms with Crippen molar-refractivity contribution in [3.63, 3.8) is 0 Å². The van der Waals surface area contributed by atoms with Crippen LogP contribution in [-0.4, -0.2) is 30.8 Å². The van der Waals surface area contributed by atoms with Gasteiger partial charge in [0.25, 0.3) is 0 Å². The van der Waals surface area contributed by atoms with Gasteiger partial charge in [0.15, 0.2) is 5.82 Å². The molecule has 1 unspecified atom stereocenters. The van der Waals surface area contributed by atoms with Gasteiger partial charge in [-0.15, -0.1) is 0 Å². The zero-order valence-electron chi connectivity index (χ0n) is 10.7. The smallest absolute Gasteiger partial charge is 0.161 e. The monoisotopic (exact) mass is 346 g/mol. The van der Waals surface area contributed by atoms with Crippen molar-refractivity contribution < 1.29 is 9.13 Å². The molecular formula is C13H16BrFN2OS. The molecule has 0 amide bonds. The van der Waals surface area contributed by atoms with Crippen LogP contribution in [0.1, 0.15) is 18.9 Å². The van der Waals surface area contributed by atoms with Gasteiger partial charge in [0.1, 0.15) is 4.99 Å². The number of halogens is 2. The van der Waals surface area contributed by atoms with Gasteiger partial charge in [0, 0.05) is 18.7 Å². The van der Waals surface area contributed by atoms with Gasteiger partial charge >= 0.3 is 0 Å². The van der Waals surface area contributed by atoms with Crippen LogP contribution < -0.4 is 10.6 Å². The molecule has 0 bridgehead atoms. The third-order valence-electron chi connectivity index (χ3n) is 3.26. The maximum absolute atomic E-state index is 14.4. The summed E-state index contributed by atoms with van der Waals surface area (Å²) in [6, 6.07) is 3.48. The Bertz CT molecular complexity index is 498. The maximum atomic E-state index is 14.4. The minimum atomic E-state index is -0.318. The van der Waals surface area contributed by atoms with Crippen LogP contribution in [0.15, 0.2) is 16.6 Å². The molecule has 1 aliphatic rings. The first-order valence-corrected chi connectivity index (χ1v) is 7.39. The van der Waals surface area contributed by atoms with Crippen molar-refractivity contribution in [3.05, 3.63) is 28.0 Å². The lowest BCUT2D eigenvalue weighted by Crippen LogP contribution is -2.42. The lowest BCUT2D eigenvalue weighted by atomic mass is 10.1. The second-order valence-electron chi connectivity index (χ2n) is 4.47. The number of anilines is 1. The fraction of sp³-hybridized carbons (Fsp3) is 0.462. The zero-order chi connectivity index (χ0) is 14.0. The van der Waals surface area contributed by atoms with E-state index in [1.807, 2.05) is 4.90 Å². The highest BCUT2D eigenvalue weighted by molar-refractivity contribution is 9.10. The van der Waals surface area contributed by atoms with Crippen molar-refractivity contribution in [2.75, 3.05) is 24.6 Å². The lowest BCUT2D eigenvalue weighted by Gasteiger charge is -2.34. The highest BCUT2D eigenvalue weighted by Crippen LogP contribution is 2.30. The van der Waals surface area contributed by atoms with Crippen LogP contribution in [0.4, 0.5) is 10.1 Å². The van der Waals surface area contributed by atoms with Gasteiger partial charge in [-0.3, -0.25) is 0 Å². The van der Waals surface area contributed by atoms with E-state index in [0.29, 0.717) is 35.4 Å². The molecule has 3 nitrogen and oxygen atoms in total. The molecule has 1 atom stereocenters. The van der Waals surface area contributed by atoms with Crippen molar-refractivity contribution in [1.82, 2.24) is 0 Å². The summed E-state index contributed by atoms with van der Waals surface area (Å²) in [5, 5.41) is 0. The molecule has 19 heavy (non-hydrogen) atoms. The van der Waals surface area contributed by atoms with Crippen molar-refractivity contribution >= 4 is 38.8 Å². The first-order valence-electron chi connectivity index (χ1n) is 6.19. The number of hydrogen-bond acceptors (Lipinski definition) is 3. The summed E-state index contributed by atoms with van der Waals surface area (Å²) in [6.45, 7) is 4.07. The van der Waals surface area contributed by atoms with E-state index >= 15 is 0 Å². The molecule has 1 aromatic carbocycles. The molecule has 2 N–H and O–H groups in total. The molecule has 1 saturated heterocycles. The predicted molar refractivity (Wildman–Crippen MR) is 82.2 cm³/mol. The second-order valence-corrected chi connectivity index (χ2v) is 5.70. The van der Waals surface area contributed by atoms with Crippen LogP contribution in [0.5, 0.6) is 0 Å². The Morgan fingerprint density at radius 3 is 3.00 bits per heavy atom. The van der Waals surface area contributed by atoms with E-state index in [9.17, 15) is 4.39 Å². The summed E-state index contributed by atoms with van der Waals surface area (Å²) in [7, 11) is 0. The van der Waals surface area contributed by atoms with Gasteiger partial charge in [-0.1, -0.05) is 19.1 Å². The zero-order valence-corrected chi connectivity index (χ0v) is 13.1. The van der Waals surface area contributed by atoms with Crippen molar-refractivity contribution in [1.29, 1.82) is 0 Å². The molecule has 0 saturated carbocycles. The normalized spacial score (nSPS) is 19.5. The molecule has 1 aromatic rings. The Labute approximate surface area is 126 Å². The summed E-state index contributed by atoms with van der Waals surface area (Å²) in [6.07, 6.45) is 1.08. The number of morpholine rings is 1. The lowest BCUT2D eigenvalue weighted by molar-refractivity contribution is 0.0382. The Morgan fingerprint density at radius 2 is 2.37 bits per heavy atom. The molecule has 0 aromatic heterocycles. The number of hydrogen-bond donors (Lipinski definition) is 1. The summed E-state index contributed by atoms with van der Waals surface area (Å²) < 4.78 is 20.3. The molecule has 104 valence electrons. The van der Waals surface area contributed by atoms with Gasteiger partial charge in [-0.2, -0.15) is 0 Å². The van der Waals surface area contributed by atoms with Crippen molar-refractivity contribution in [2.24, 2.45) is 5.73 Å². The van der Waals surface area contributed by atoms with Gasteiger partial charge in [0.2, 0.25) is 0 Å². The van der Waals surface area contributed by atoms with E-state index in [0.717, 1.165) is 6.42 Å². The van der Waals surface area contributed by atoms with Crippen LogP contribution in [0, 0.1) is 5.82 Å². The molecule has 1 heterocycles. The van der Waals surface area contributed by atoms with Crippen molar-refractivity contribution in [2.45, 2.75) is 19.4 Å². The van der Waals surface area contributed by atoms with Gasteiger partial charge in [0.05, 0.1) is 22.9 Å². The Balaban J connectivity index is 2.30.